The number of aryl methyl sites for hydroxylation is 2. The summed E-state index contributed by atoms with van der Waals surface area (Å²) in [5.41, 5.74) is 9.64. The van der Waals surface area contributed by atoms with Crippen LogP contribution in [-0.2, 0) is 18.3 Å². The summed E-state index contributed by atoms with van der Waals surface area (Å²) in [7, 11) is 0. The van der Waals surface area contributed by atoms with E-state index in [1.807, 2.05) is 6.07 Å². The van der Waals surface area contributed by atoms with Gasteiger partial charge in [0.2, 0.25) is 0 Å². The molecule has 0 spiro atoms. The van der Waals surface area contributed by atoms with E-state index in [0.29, 0.717) is 0 Å². The van der Waals surface area contributed by atoms with Crippen LogP contribution in [-0.4, -0.2) is 6.71 Å². The first-order valence-corrected chi connectivity index (χ1v) is 12.6. The number of ether oxygens (including phenoxy) is 2. The average Bonchev–Trinajstić information content (AvgIpc) is 3.47. The molecule has 170 valence electrons. The molecule has 4 aromatic carbocycles. The standard InChI is InChI=1S/C31H25BO3/c1-31(2,3)18-11-13-22-21(16-18)32-28-24(33-22)8-5-9-25(28)34-26-15-14-23-27(29(26)32)20-12-10-17-6-4-7-19(17)30(20)35-23/h5,8-16H,4,6-7H2,1-3H3. The molecular formula is C31H25BO3. The second-order valence-corrected chi connectivity index (χ2v) is 11.2. The van der Waals surface area contributed by atoms with E-state index in [2.05, 4.69) is 75.4 Å². The topological polar surface area (TPSA) is 31.6 Å². The van der Waals surface area contributed by atoms with E-state index in [1.165, 1.54) is 44.8 Å². The molecule has 4 heteroatoms. The average molecular weight is 456 g/mol. The Hall–Kier alpha value is -3.66. The van der Waals surface area contributed by atoms with Crippen LogP contribution in [0, 0.1) is 0 Å². The summed E-state index contributed by atoms with van der Waals surface area (Å²) in [5.74, 6) is 3.58. The normalized spacial score (nSPS) is 15.3. The number of hydrogen-bond acceptors (Lipinski definition) is 3. The zero-order valence-corrected chi connectivity index (χ0v) is 20.2. The predicted octanol–water partition coefficient (Wildman–Crippen LogP) is 6.10. The maximum atomic E-state index is 6.57. The highest BCUT2D eigenvalue weighted by Crippen LogP contribution is 2.41. The monoisotopic (exact) mass is 456 g/mol. The van der Waals surface area contributed by atoms with Crippen LogP contribution in [0.25, 0.3) is 21.9 Å². The van der Waals surface area contributed by atoms with Gasteiger partial charge < -0.3 is 13.9 Å². The van der Waals surface area contributed by atoms with Crippen molar-refractivity contribution in [1.29, 1.82) is 0 Å². The highest BCUT2D eigenvalue weighted by Gasteiger charge is 2.42. The van der Waals surface area contributed by atoms with Crippen molar-refractivity contribution >= 4 is 45.0 Å². The van der Waals surface area contributed by atoms with Crippen molar-refractivity contribution in [2.75, 3.05) is 0 Å². The minimum Gasteiger partial charge on any atom is -0.458 e. The zero-order chi connectivity index (χ0) is 23.5. The molecule has 0 fully saturated rings. The minimum absolute atomic E-state index is 0.0220. The van der Waals surface area contributed by atoms with Crippen molar-refractivity contribution in [3.05, 3.63) is 77.4 Å². The van der Waals surface area contributed by atoms with E-state index >= 15 is 0 Å². The number of hydrogen-bond donors (Lipinski definition) is 0. The molecule has 0 saturated carbocycles. The molecule has 3 aliphatic rings. The first kappa shape index (κ1) is 19.6. The molecule has 35 heavy (non-hydrogen) atoms. The fourth-order valence-corrected chi connectivity index (χ4v) is 6.39. The Bertz CT molecular complexity index is 1710. The van der Waals surface area contributed by atoms with E-state index in [9.17, 15) is 0 Å². The van der Waals surface area contributed by atoms with Crippen molar-refractivity contribution < 1.29 is 13.9 Å². The number of benzene rings is 4. The van der Waals surface area contributed by atoms with Crippen molar-refractivity contribution in [3.63, 3.8) is 0 Å². The summed E-state index contributed by atoms with van der Waals surface area (Å²) >= 11 is 0. The fourth-order valence-electron chi connectivity index (χ4n) is 6.39. The second-order valence-electron chi connectivity index (χ2n) is 11.2. The van der Waals surface area contributed by atoms with Gasteiger partial charge in [0.1, 0.15) is 34.2 Å². The van der Waals surface area contributed by atoms with Crippen LogP contribution in [0.3, 0.4) is 0 Å². The lowest BCUT2D eigenvalue weighted by atomic mass is 9.34. The largest absolute Gasteiger partial charge is 0.458 e. The molecular weight excluding hydrogens is 431 g/mol. The van der Waals surface area contributed by atoms with Crippen LogP contribution < -0.4 is 25.9 Å². The van der Waals surface area contributed by atoms with Gasteiger partial charge in [0.25, 0.3) is 6.71 Å². The summed E-state index contributed by atoms with van der Waals surface area (Å²) < 4.78 is 19.5. The molecule has 0 atom stereocenters. The summed E-state index contributed by atoms with van der Waals surface area (Å²) in [6, 6.07) is 21.5. The molecule has 0 bridgehead atoms. The SMILES string of the molecule is CC(C)(C)c1ccc2c(c1)B1c3c(cccc3Oc3ccc4oc5c6c(ccc5c4c31)CCC6)O2. The molecule has 0 radical (unpaired) electrons. The van der Waals surface area contributed by atoms with Gasteiger partial charge in [-0.15, -0.1) is 0 Å². The van der Waals surface area contributed by atoms with Crippen LogP contribution in [0.5, 0.6) is 23.0 Å². The van der Waals surface area contributed by atoms with E-state index < -0.39 is 0 Å². The maximum Gasteiger partial charge on any atom is 0.261 e. The first-order valence-electron chi connectivity index (χ1n) is 12.6. The fraction of sp³-hybridized carbons (Fsp3) is 0.226. The van der Waals surface area contributed by atoms with E-state index in [0.717, 1.165) is 52.5 Å². The predicted molar refractivity (Wildman–Crippen MR) is 142 cm³/mol. The van der Waals surface area contributed by atoms with Crippen LogP contribution in [0.15, 0.2) is 65.1 Å². The Kier molecular flexibility index (Phi) is 3.65. The molecule has 0 N–H and O–H groups in total. The van der Waals surface area contributed by atoms with Crippen LogP contribution in [0.1, 0.15) is 43.9 Å². The Balaban J connectivity index is 1.49. The molecule has 0 amide bonds. The van der Waals surface area contributed by atoms with Crippen molar-refractivity contribution in [2.24, 2.45) is 0 Å². The molecule has 1 aliphatic carbocycles. The molecule has 3 heterocycles. The van der Waals surface area contributed by atoms with E-state index in [4.69, 9.17) is 13.9 Å². The highest BCUT2D eigenvalue weighted by molar-refractivity contribution is 6.99. The van der Waals surface area contributed by atoms with Gasteiger partial charge >= 0.3 is 0 Å². The van der Waals surface area contributed by atoms with Crippen molar-refractivity contribution in [3.8, 4) is 23.0 Å². The third-order valence-electron chi connectivity index (χ3n) is 8.11. The smallest absolute Gasteiger partial charge is 0.261 e. The van der Waals surface area contributed by atoms with Gasteiger partial charge in [-0.25, -0.2) is 0 Å². The number of rotatable bonds is 0. The molecule has 8 rings (SSSR count). The van der Waals surface area contributed by atoms with Gasteiger partial charge in [-0.3, -0.25) is 0 Å². The first-order chi connectivity index (χ1) is 17.0. The Morgan fingerprint density at radius 1 is 0.771 bits per heavy atom. The summed E-state index contributed by atoms with van der Waals surface area (Å²) in [6.07, 6.45) is 3.43. The highest BCUT2D eigenvalue weighted by atomic mass is 16.5. The van der Waals surface area contributed by atoms with E-state index in [-0.39, 0.29) is 12.1 Å². The maximum absolute atomic E-state index is 6.57. The van der Waals surface area contributed by atoms with Gasteiger partial charge in [-0.05, 0) is 82.6 Å². The Morgan fingerprint density at radius 3 is 2.37 bits per heavy atom. The third-order valence-corrected chi connectivity index (χ3v) is 8.11. The summed E-state index contributed by atoms with van der Waals surface area (Å²) in [5, 5.41) is 2.37. The summed E-state index contributed by atoms with van der Waals surface area (Å²) in [6.45, 7) is 6.81. The molecule has 5 aromatic rings. The zero-order valence-electron chi connectivity index (χ0n) is 20.2. The van der Waals surface area contributed by atoms with Gasteiger partial charge in [0, 0.05) is 16.2 Å². The van der Waals surface area contributed by atoms with Crippen LogP contribution in [0.2, 0.25) is 0 Å². The lowest BCUT2D eigenvalue weighted by Crippen LogP contribution is -2.57. The van der Waals surface area contributed by atoms with Crippen LogP contribution in [0.4, 0.5) is 0 Å². The van der Waals surface area contributed by atoms with Gasteiger partial charge in [0.05, 0.1) is 0 Å². The van der Waals surface area contributed by atoms with Gasteiger partial charge in [0.15, 0.2) is 0 Å². The minimum atomic E-state index is 0.0220. The second kappa shape index (κ2) is 6.51. The molecule has 0 unspecified atom stereocenters. The van der Waals surface area contributed by atoms with Crippen molar-refractivity contribution in [1.82, 2.24) is 0 Å². The van der Waals surface area contributed by atoms with Crippen LogP contribution >= 0.6 is 0 Å². The lowest BCUT2D eigenvalue weighted by molar-refractivity contribution is 0.464. The Labute approximate surface area is 204 Å². The van der Waals surface area contributed by atoms with E-state index in [1.54, 1.807) is 0 Å². The molecule has 1 aromatic heterocycles. The molecule has 2 aliphatic heterocycles. The quantitative estimate of drug-likeness (QED) is 0.259. The van der Waals surface area contributed by atoms with Gasteiger partial charge in [-0.1, -0.05) is 51.1 Å². The Morgan fingerprint density at radius 2 is 1.54 bits per heavy atom. The van der Waals surface area contributed by atoms with Crippen molar-refractivity contribution in [2.45, 2.75) is 45.4 Å². The number of fused-ring (bicyclic) bond motifs is 10. The third kappa shape index (κ3) is 2.57. The molecule has 3 nitrogen and oxygen atoms in total. The van der Waals surface area contributed by atoms with Gasteiger partial charge in [-0.2, -0.15) is 0 Å². The number of furan rings is 1. The lowest BCUT2D eigenvalue weighted by Gasteiger charge is -2.34. The molecule has 0 saturated heterocycles. The summed E-state index contributed by atoms with van der Waals surface area (Å²) in [4.78, 5) is 0.